The van der Waals surface area contributed by atoms with Crippen LogP contribution in [0.5, 0.6) is 0 Å². The summed E-state index contributed by atoms with van der Waals surface area (Å²) in [6.45, 7) is 2.17. The highest BCUT2D eigenvalue weighted by Crippen LogP contribution is 2.23. The molecule has 0 aliphatic heterocycles. The SMILES string of the molecule is C[C@H]1CCCC[C@H]1NC(=S)NNC(=O)Cn1nnc(-c2ccccc2)n1. The Morgan fingerprint density at radius 2 is 2.00 bits per heavy atom. The van der Waals surface area contributed by atoms with Crippen molar-refractivity contribution in [2.75, 3.05) is 0 Å². The molecule has 1 aliphatic rings. The van der Waals surface area contributed by atoms with Gasteiger partial charge in [-0.2, -0.15) is 4.80 Å². The quantitative estimate of drug-likeness (QED) is 0.551. The topological polar surface area (TPSA) is 96.8 Å². The van der Waals surface area contributed by atoms with Gasteiger partial charge >= 0.3 is 0 Å². The number of aromatic nitrogens is 4. The molecule has 26 heavy (non-hydrogen) atoms. The molecule has 1 aliphatic carbocycles. The zero-order valence-corrected chi connectivity index (χ0v) is 15.5. The van der Waals surface area contributed by atoms with E-state index >= 15 is 0 Å². The molecule has 0 unspecified atom stereocenters. The number of thiocarbonyl (C=S) groups is 1. The summed E-state index contributed by atoms with van der Waals surface area (Å²) in [6.07, 6.45) is 4.78. The van der Waals surface area contributed by atoms with Crippen LogP contribution >= 0.6 is 12.2 Å². The Kier molecular flexibility index (Phi) is 6.11. The zero-order chi connectivity index (χ0) is 18.4. The minimum absolute atomic E-state index is 0.0464. The van der Waals surface area contributed by atoms with Gasteiger partial charge in [-0.25, -0.2) is 0 Å². The molecular weight excluding hydrogens is 350 g/mol. The van der Waals surface area contributed by atoms with E-state index in [1.807, 2.05) is 30.3 Å². The molecule has 0 radical (unpaired) electrons. The van der Waals surface area contributed by atoms with Gasteiger partial charge in [0.25, 0.3) is 5.91 Å². The van der Waals surface area contributed by atoms with E-state index < -0.39 is 0 Å². The number of amides is 1. The third kappa shape index (κ3) is 4.98. The van der Waals surface area contributed by atoms with Gasteiger partial charge in [-0.15, -0.1) is 10.2 Å². The zero-order valence-electron chi connectivity index (χ0n) is 14.7. The number of nitrogens with one attached hydrogen (secondary N) is 3. The molecule has 1 aromatic heterocycles. The highest BCUT2D eigenvalue weighted by molar-refractivity contribution is 7.80. The highest BCUT2D eigenvalue weighted by Gasteiger charge is 2.21. The monoisotopic (exact) mass is 373 g/mol. The van der Waals surface area contributed by atoms with Gasteiger partial charge in [-0.3, -0.25) is 15.6 Å². The summed E-state index contributed by atoms with van der Waals surface area (Å²) < 4.78 is 0. The van der Waals surface area contributed by atoms with Crippen molar-refractivity contribution in [2.45, 2.75) is 45.2 Å². The number of tetrazole rings is 1. The average Bonchev–Trinajstić information content (AvgIpc) is 3.11. The van der Waals surface area contributed by atoms with Crippen LogP contribution in [0.4, 0.5) is 0 Å². The molecule has 138 valence electrons. The van der Waals surface area contributed by atoms with Crippen molar-refractivity contribution in [3.8, 4) is 11.4 Å². The normalized spacial score (nSPS) is 19.6. The Morgan fingerprint density at radius 3 is 2.77 bits per heavy atom. The number of hydrogen-bond acceptors (Lipinski definition) is 5. The Bertz CT molecular complexity index is 749. The lowest BCUT2D eigenvalue weighted by Gasteiger charge is -2.30. The second kappa shape index (κ2) is 8.70. The summed E-state index contributed by atoms with van der Waals surface area (Å²) in [7, 11) is 0. The predicted molar refractivity (Wildman–Crippen MR) is 102 cm³/mol. The number of carbonyl (C=O) groups excluding carboxylic acids is 1. The van der Waals surface area contributed by atoms with Gasteiger partial charge in [0.05, 0.1) is 0 Å². The van der Waals surface area contributed by atoms with Gasteiger partial charge < -0.3 is 5.32 Å². The first-order valence-corrected chi connectivity index (χ1v) is 9.21. The van der Waals surface area contributed by atoms with Gasteiger partial charge in [-0.1, -0.05) is 50.1 Å². The lowest BCUT2D eigenvalue weighted by molar-refractivity contribution is -0.122. The third-order valence-electron chi connectivity index (χ3n) is 4.51. The van der Waals surface area contributed by atoms with Crippen LogP contribution in [0.1, 0.15) is 32.6 Å². The summed E-state index contributed by atoms with van der Waals surface area (Å²) in [5.74, 6) is 0.757. The summed E-state index contributed by atoms with van der Waals surface area (Å²) in [4.78, 5) is 13.3. The molecule has 3 N–H and O–H groups in total. The van der Waals surface area contributed by atoms with Crippen molar-refractivity contribution in [3.63, 3.8) is 0 Å². The first-order valence-electron chi connectivity index (χ1n) is 8.80. The van der Waals surface area contributed by atoms with Gasteiger partial charge in [0.1, 0.15) is 6.54 Å². The lowest BCUT2D eigenvalue weighted by atomic mass is 9.86. The lowest BCUT2D eigenvalue weighted by Crippen LogP contribution is -2.52. The first-order chi connectivity index (χ1) is 12.6. The van der Waals surface area contributed by atoms with E-state index in [9.17, 15) is 4.79 Å². The number of benzene rings is 1. The van der Waals surface area contributed by atoms with E-state index in [0.29, 0.717) is 22.9 Å². The summed E-state index contributed by atoms with van der Waals surface area (Å²) in [5, 5.41) is 15.8. The summed E-state index contributed by atoms with van der Waals surface area (Å²) in [6, 6.07) is 9.84. The van der Waals surface area contributed by atoms with Crippen LogP contribution in [0.2, 0.25) is 0 Å². The van der Waals surface area contributed by atoms with Crippen LogP contribution in [-0.4, -0.2) is 37.3 Å². The van der Waals surface area contributed by atoms with Crippen molar-refractivity contribution < 1.29 is 4.79 Å². The van der Waals surface area contributed by atoms with Gasteiger partial charge in [0.2, 0.25) is 5.82 Å². The molecule has 9 heteroatoms. The minimum atomic E-state index is -0.303. The van der Waals surface area contributed by atoms with E-state index in [4.69, 9.17) is 12.2 Å². The highest BCUT2D eigenvalue weighted by atomic mass is 32.1. The van der Waals surface area contributed by atoms with E-state index in [0.717, 1.165) is 12.0 Å². The maximum absolute atomic E-state index is 12.0. The molecule has 0 spiro atoms. The standard InChI is InChI=1S/C17H23N7OS/c1-12-7-5-6-10-14(12)18-17(26)21-19-15(25)11-24-22-16(20-23-24)13-8-3-2-4-9-13/h2-4,8-9,12,14H,5-7,10-11H2,1H3,(H,19,25)(H2,18,21,26)/t12-,14+/m0/s1. The van der Waals surface area contributed by atoms with E-state index in [-0.39, 0.29) is 12.5 Å². The summed E-state index contributed by atoms with van der Waals surface area (Å²) >= 11 is 5.25. The van der Waals surface area contributed by atoms with Crippen molar-refractivity contribution >= 4 is 23.2 Å². The number of hydrazine groups is 1. The first kappa shape index (κ1) is 18.2. The van der Waals surface area contributed by atoms with E-state index in [1.165, 1.54) is 24.1 Å². The van der Waals surface area contributed by atoms with Crippen molar-refractivity contribution in [1.82, 2.24) is 36.4 Å². The van der Waals surface area contributed by atoms with E-state index in [1.54, 1.807) is 0 Å². The number of rotatable bonds is 4. The Hall–Kier alpha value is -2.55. The number of carbonyl (C=O) groups is 1. The van der Waals surface area contributed by atoms with Gasteiger partial charge in [0.15, 0.2) is 5.11 Å². The fourth-order valence-electron chi connectivity index (χ4n) is 3.04. The Labute approximate surface area is 157 Å². The Balaban J connectivity index is 1.44. The molecule has 1 heterocycles. The molecule has 2 aromatic rings. The molecule has 1 fully saturated rings. The molecule has 2 atom stereocenters. The Morgan fingerprint density at radius 1 is 1.23 bits per heavy atom. The molecule has 1 saturated carbocycles. The van der Waals surface area contributed by atoms with E-state index in [2.05, 4.69) is 38.5 Å². The fraction of sp³-hybridized carbons (Fsp3) is 0.471. The van der Waals surface area contributed by atoms with Crippen LogP contribution in [0, 0.1) is 5.92 Å². The second-order valence-corrected chi connectivity index (χ2v) is 6.93. The molecule has 0 saturated heterocycles. The van der Waals surface area contributed by atoms with Crippen LogP contribution in [-0.2, 0) is 11.3 Å². The maximum Gasteiger partial charge on any atom is 0.262 e. The van der Waals surface area contributed by atoms with Crippen LogP contribution < -0.4 is 16.2 Å². The fourth-order valence-corrected chi connectivity index (χ4v) is 3.25. The van der Waals surface area contributed by atoms with Crippen molar-refractivity contribution in [1.29, 1.82) is 0 Å². The average molecular weight is 373 g/mol. The molecule has 0 bridgehead atoms. The minimum Gasteiger partial charge on any atom is -0.358 e. The predicted octanol–water partition coefficient (Wildman–Crippen LogP) is 1.41. The number of hydrogen-bond donors (Lipinski definition) is 3. The molecule has 1 aromatic carbocycles. The van der Waals surface area contributed by atoms with Crippen LogP contribution in [0.3, 0.4) is 0 Å². The largest absolute Gasteiger partial charge is 0.358 e. The molecule has 3 rings (SSSR count). The van der Waals surface area contributed by atoms with Crippen molar-refractivity contribution in [2.24, 2.45) is 5.92 Å². The van der Waals surface area contributed by atoms with Gasteiger partial charge in [0, 0.05) is 11.6 Å². The number of nitrogens with zero attached hydrogens (tertiary/aromatic N) is 4. The molecule has 8 nitrogen and oxygen atoms in total. The molecular formula is C17H23N7OS. The smallest absolute Gasteiger partial charge is 0.262 e. The van der Waals surface area contributed by atoms with Crippen LogP contribution in [0.25, 0.3) is 11.4 Å². The van der Waals surface area contributed by atoms with Crippen molar-refractivity contribution in [3.05, 3.63) is 30.3 Å². The second-order valence-electron chi connectivity index (χ2n) is 6.52. The molecule has 1 amide bonds. The summed E-state index contributed by atoms with van der Waals surface area (Å²) in [5.41, 5.74) is 6.15. The van der Waals surface area contributed by atoms with Gasteiger partial charge in [-0.05, 0) is 36.2 Å². The maximum atomic E-state index is 12.0. The third-order valence-corrected chi connectivity index (χ3v) is 4.73. The van der Waals surface area contributed by atoms with Crippen LogP contribution in [0.15, 0.2) is 30.3 Å².